The first kappa shape index (κ1) is 23.8. The van der Waals surface area contributed by atoms with E-state index in [0.29, 0.717) is 18.0 Å². The van der Waals surface area contributed by atoms with Crippen LogP contribution in [-0.4, -0.2) is 42.4 Å². The van der Waals surface area contributed by atoms with Crippen LogP contribution in [-0.2, 0) is 21.6 Å². The van der Waals surface area contributed by atoms with Crippen molar-refractivity contribution in [2.45, 2.75) is 24.9 Å². The molecule has 0 bridgehead atoms. The first-order chi connectivity index (χ1) is 17.6. The van der Waals surface area contributed by atoms with Gasteiger partial charge in [0.1, 0.15) is 0 Å². The third kappa shape index (κ3) is 4.62. The van der Waals surface area contributed by atoms with Gasteiger partial charge in [-0.1, -0.05) is 72.8 Å². The molecule has 2 amide bonds. The number of rotatable bonds is 7. The summed E-state index contributed by atoms with van der Waals surface area (Å²) in [4.78, 5) is 28.2. The highest BCUT2D eigenvalue weighted by atomic mass is 16.5. The summed E-state index contributed by atoms with van der Waals surface area (Å²) in [6.07, 6.45) is 1.91. The van der Waals surface area contributed by atoms with Crippen molar-refractivity contribution in [1.29, 1.82) is 5.41 Å². The van der Waals surface area contributed by atoms with Crippen LogP contribution in [0, 0.1) is 11.3 Å². The molecule has 2 fully saturated rings. The van der Waals surface area contributed by atoms with Crippen LogP contribution in [0.3, 0.4) is 0 Å². The summed E-state index contributed by atoms with van der Waals surface area (Å²) in [5.41, 5.74) is 1.69. The van der Waals surface area contributed by atoms with E-state index in [4.69, 9.17) is 10.1 Å². The minimum absolute atomic E-state index is 0.0297. The van der Waals surface area contributed by atoms with Crippen molar-refractivity contribution < 1.29 is 14.3 Å². The van der Waals surface area contributed by atoms with Crippen LogP contribution in [0.4, 0.5) is 0 Å². The second-order valence-electron chi connectivity index (χ2n) is 9.31. The van der Waals surface area contributed by atoms with Crippen molar-refractivity contribution in [2.75, 3.05) is 19.8 Å². The molecule has 0 atom stereocenters. The second kappa shape index (κ2) is 10.3. The van der Waals surface area contributed by atoms with Gasteiger partial charge in [-0.15, -0.1) is 0 Å². The molecule has 2 aliphatic rings. The highest BCUT2D eigenvalue weighted by Gasteiger charge is 2.52. The third-order valence-electron chi connectivity index (χ3n) is 6.98. The number of nitrogens with zero attached hydrogens (tertiary/aromatic N) is 1. The Balaban J connectivity index is 1.36. The molecule has 3 aromatic rings. The monoisotopic (exact) mass is 482 g/mol. The fourth-order valence-corrected chi connectivity index (χ4v) is 4.97. The number of guanidine groups is 1. The van der Waals surface area contributed by atoms with Gasteiger partial charge in [-0.2, -0.15) is 0 Å². The van der Waals surface area contributed by atoms with Gasteiger partial charge in [-0.25, -0.2) is 0 Å². The van der Waals surface area contributed by atoms with E-state index >= 15 is 0 Å². The highest BCUT2D eigenvalue weighted by Crippen LogP contribution is 2.36. The third-order valence-corrected chi connectivity index (χ3v) is 6.98. The smallest absolute Gasteiger partial charge is 0.264 e. The molecule has 7 nitrogen and oxygen atoms in total. The molecular formula is C29H30N4O3. The van der Waals surface area contributed by atoms with Crippen LogP contribution < -0.4 is 10.6 Å². The van der Waals surface area contributed by atoms with Crippen molar-refractivity contribution in [3.63, 3.8) is 0 Å². The number of hydrogen-bond acceptors (Lipinski definition) is 4. The molecule has 0 aromatic heterocycles. The van der Waals surface area contributed by atoms with E-state index in [1.54, 1.807) is 12.1 Å². The molecule has 5 rings (SSSR count). The fraction of sp³-hybridized carbons (Fsp3) is 0.276. The largest absolute Gasteiger partial charge is 0.381 e. The highest BCUT2D eigenvalue weighted by molar-refractivity contribution is 6.10. The van der Waals surface area contributed by atoms with Crippen molar-refractivity contribution in [1.82, 2.24) is 15.5 Å². The van der Waals surface area contributed by atoms with E-state index in [9.17, 15) is 9.59 Å². The normalized spacial score (nSPS) is 17.6. The minimum atomic E-state index is -1.18. The van der Waals surface area contributed by atoms with Gasteiger partial charge in [0, 0.05) is 25.3 Å². The van der Waals surface area contributed by atoms with E-state index in [0.717, 1.165) is 42.7 Å². The van der Waals surface area contributed by atoms with Crippen LogP contribution >= 0.6 is 0 Å². The predicted molar refractivity (Wildman–Crippen MR) is 137 cm³/mol. The number of hydrogen-bond donors (Lipinski definition) is 3. The molecule has 0 spiro atoms. The lowest BCUT2D eigenvalue weighted by atomic mass is 9.82. The number of carbonyl (C=O) groups is 2. The fourth-order valence-electron chi connectivity index (χ4n) is 4.97. The molecule has 36 heavy (non-hydrogen) atoms. The number of nitrogens with one attached hydrogen (secondary N) is 3. The molecule has 7 heteroatoms. The van der Waals surface area contributed by atoms with Crippen molar-refractivity contribution in [3.8, 4) is 0 Å². The van der Waals surface area contributed by atoms with Crippen molar-refractivity contribution >= 4 is 17.8 Å². The molecule has 2 aliphatic heterocycles. The maximum Gasteiger partial charge on any atom is 0.264 e. The van der Waals surface area contributed by atoms with Gasteiger partial charge >= 0.3 is 0 Å². The topological polar surface area (TPSA) is 94.5 Å². The van der Waals surface area contributed by atoms with Crippen LogP contribution in [0.25, 0.3) is 0 Å². The van der Waals surface area contributed by atoms with Crippen molar-refractivity contribution in [2.24, 2.45) is 5.92 Å². The van der Waals surface area contributed by atoms with Gasteiger partial charge in [0.2, 0.25) is 0 Å². The summed E-state index contributed by atoms with van der Waals surface area (Å²) in [6.45, 7) is 2.30. The minimum Gasteiger partial charge on any atom is -0.381 e. The van der Waals surface area contributed by atoms with Gasteiger partial charge < -0.3 is 15.4 Å². The quantitative estimate of drug-likeness (QED) is 0.479. The lowest BCUT2D eigenvalue weighted by molar-refractivity contribution is -0.130. The Morgan fingerprint density at radius 2 is 1.61 bits per heavy atom. The lowest BCUT2D eigenvalue weighted by Crippen LogP contribution is -2.45. The Morgan fingerprint density at radius 3 is 2.25 bits per heavy atom. The summed E-state index contributed by atoms with van der Waals surface area (Å²) in [7, 11) is 0. The zero-order valence-corrected chi connectivity index (χ0v) is 20.1. The Morgan fingerprint density at radius 1 is 0.972 bits per heavy atom. The Labute approximate surface area is 211 Å². The van der Waals surface area contributed by atoms with E-state index in [2.05, 4.69) is 10.6 Å². The number of ether oxygens (including phenoxy) is 1. The summed E-state index contributed by atoms with van der Waals surface area (Å²) in [5, 5.41) is 14.9. The first-order valence-electron chi connectivity index (χ1n) is 12.3. The van der Waals surface area contributed by atoms with E-state index in [-0.39, 0.29) is 24.3 Å². The average molecular weight is 483 g/mol. The van der Waals surface area contributed by atoms with Crippen LogP contribution in [0.15, 0.2) is 84.9 Å². The molecule has 0 aliphatic carbocycles. The van der Waals surface area contributed by atoms with E-state index < -0.39 is 5.54 Å². The zero-order valence-electron chi connectivity index (χ0n) is 20.1. The Hall–Kier alpha value is -3.97. The summed E-state index contributed by atoms with van der Waals surface area (Å²) in [5.74, 6) is 0.109. The van der Waals surface area contributed by atoms with Gasteiger partial charge in [0.15, 0.2) is 11.5 Å². The number of amides is 2. The molecule has 0 radical (unpaired) electrons. The van der Waals surface area contributed by atoms with Crippen LogP contribution in [0.2, 0.25) is 0 Å². The van der Waals surface area contributed by atoms with Gasteiger partial charge in [-0.05, 0) is 47.6 Å². The first-order valence-corrected chi connectivity index (χ1v) is 12.3. The lowest BCUT2D eigenvalue weighted by Gasteiger charge is -2.28. The van der Waals surface area contributed by atoms with Crippen molar-refractivity contribution in [3.05, 3.63) is 107 Å². The summed E-state index contributed by atoms with van der Waals surface area (Å²) in [6, 6.07) is 26.2. The van der Waals surface area contributed by atoms with Gasteiger partial charge in [-0.3, -0.25) is 19.9 Å². The van der Waals surface area contributed by atoms with Crippen LogP contribution in [0.5, 0.6) is 0 Å². The zero-order chi connectivity index (χ0) is 25.0. The molecule has 2 heterocycles. The van der Waals surface area contributed by atoms with Gasteiger partial charge in [0.25, 0.3) is 11.8 Å². The van der Waals surface area contributed by atoms with Gasteiger partial charge in [0.05, 0.1) is 6.54 Å². The molecular weight excluding hydrogens is 452 g/mol. The maximum absolute atomic E-state index is 14.0. The summed E-state index contributed by atoms with van der Waals surface area (Å²) < 4.78 is 5.39. The predicted octanol–water partition coefficient (Wildman–Crippen LogP) is 3.65. The van der Waals surface area contributed by atoms with E-state index in [1.165, 1.54) is 4.90 Å². The molecule has 3 N–H and O–H groups in total. The molecule has 2 saturated heterocycles. The molecule has 0 unspecified atom stereocenters. The second-order valence-corrected chi connectivity index (χ2v) is 9.31. The molecule has 184 valence electrons. The standard InChI is InChI=1S/C29H30N4O3/c30-28-32-29(24-10-3-1-4-11-24,25-12-5-2-6-13-25)27(35)33(28)20-22-8-7-9-23(18-22)26(34)31-19-21-14-16-36-17-15-21/h1-13,18,21H,14-17,19-20H2,(H2,30,32)(H,31,34). The number of carbonyl (C=O) groups excluding carboxylic acids is 2. The SMILES string of the molecule is N=C1NC(c2ccccc2)(c2ccccc2)C(=O)N1Cc1cccc(C(=O)NCC2CCOCC2)c1. The molecule has 0 saturated carbocycles. The molecule has 3 aromatic carbocycles. The Kier molecular flexibility index (Phi) is 6.82. The summed E-state index contributed by atoms with van der Waals surface area (Å²) >= 11 is 0. The van der Waals surface area contributed by atoms with Crippen LogP contribution in [0.1, 0.15) is 39.9 Å². The number of benzene rings is 3. The average Bonchev–Trinajstić information content (AvgIpc) is 3.19. The Bertz CT molecular complexity index is 1200. The maximum atomic E-state index is 14.0. The van der Waals surface area contributed by atoms with E-state index in [1.807, 2.05) is 72.8 Å².